The van der Waals surface area contributed by atoms with Crippen LogP contribution in [0.4, 0.5) is 29.3 Å². The lowest BCUT2D eigenvalue weighted by atomic mass is 9.58. The third-order valence-electron chi connectivity index (χ3n) is 9.41. The number of nitrogens with zero attached hydrogens (tertiary/aromatic N) is 1. The van der Waals surface area contributed by atoms with E-state index < -0.39 is 81.9 Å². The van der Waals surface area contributed by atoms with Crippen LogP contribution in [-0.2, 0) is 16.0 Å². The minimum Gasteiger partial charge on any atom is -0.510 e. The van der Waals surface area contributed by atoms with E-state index in [1.165, 1.54) is 23.1 Å². The average Bonchev–Trinajstić information content (AvgIpc) is 3.03. The van der Waals surface area contributed by atoms with E-state index in [4.69, 9.17) is 5.73 Å². The lowest BCUT2D eigenvalue weighted by Gasteiger charge is -2.50. The van der Waals surface area contributed by atoms with Gasteiger partial charge in [0.1, 0.15) is 28.6 Å². The number of ketones is 2. The number of primary amides is 1. The highest BCUT2D eigenvalue weighted by atomic mass is 19.4. The van der Waals surface area contributed by atoms with Crippen LogP contribution in [0.2, 0.25) is 0 Å². The zero-order valence-corrected chi connectivity index (χ0v) is 26.9. The number of hydrogen-bond acceptors (Lipinski definition) is 10. The number of allylic oxidation sites excluding steroid dienone is 1. The van der Waals surface area contributed by atoms with Gasteiger partial charge in [-0.15, -0.1) is 13.2 Å². The summed E-state index contributed by atoms with van der Waals surface area (Å²) in [6.07, 6.45) is -4.85. The van der Waals surface area contributed by atoms with Gasteiger partial charge in [0.15, 0.2) is 11.4 Å². The van der Waals surface area contributed by atoms with E-state index in [0.29, 0.717) is 22.4 Å². The van der Waals surface area contributed by atoms with Crippen molar-refractivity contribution in [1.29, 1.82) is 0 Å². The summed E-state index contributed by atoms with van der Waals surface area (Å²) < 4.78 is 41.0. The molecule has 0 bridgehead atoms. The van der Waals surface area contributed by atoms with Gasteiger partial charge in [-0.3, -0.25) is 19.3 Å². The van der Waals surface area contributed by atoms with Crippen LogP contribution in [0.25, 0.3) is 11.1 Å². The molecule has 6 rings (SSSR count). The summed E-state index contributed by atoms with van der Waals surface area (Å²) in [5.74, 6) is -7.90. The Bertz CT molecular complexity index is 2040. The van der Waals surface area contributed by atoms with Crippen LogP contribution in [0.5, 0.6) is 11.5 Å². The molecule has 13 nitrogen and oxygen atoms in total. The second-order valence-electron chi connectivity index (χ2n) is 12.7. The number of likely N-dealkylation sites (N-methyl/N-ethyl adjacent to an activating group) is 1. The number of amides is 3. The number of benzene rings is 3. The Labute approximate surface area is 287 Å². The number of carbonyl (C=O) groups is 4. The molecular weight excluding hydrogens is 677 g/mol. The van der Waals surface area contributed by atoms with Crippen LogP contribution >= 0.6 is 0 Å². The van der Waals surface area contributed by atoms with Gasteiger partial charge in [-0.2, -0.15) is 0 Å². The number of aromatic hydroxyl groups is 1. The maximum Gasteiger partial charge on any atom is 0.573 e. The number of phenols is 1. The highest BCUT2D eigenvalue weighted by Gasteiger charge is 2.63. The van der Waals surface area contributed by atoms with Crippen molar-refractivity contribution >= 4 is 34.9 Å². The fraction of sp³-hybridized carbons (Fsp3) is 0.257. The lowest BCUT2D eigenvalue weighted by Crippen LogP contribution is -2.63. The van der Waals surface area contributed by atoms with Gasteiger partial charge < -0.3 is 41.5 Å². The van der Waals surface area contributed by atoms with Crippen molar-refractivity contribution in [2.45, 2.75) is 30.8 Å². The minimum absolute atomic E-state index is 0.0725. The van der Waals surface area contributed by atoms with Crippen molar-refractivity contribution in [1.82, 2.24) is 4.90 Å². The summed E-state index contributed by atoms with van der Waals surface area (Å²) >= 11 is 0. The average molecular weight is 709 g/mol. The molecular formula is C35H31F3N4O9. The van der Waals surface area contributed by atoms with Gasteiger partial charge in [0.05, 0.1) is 11.6 Å². The van der Waals surface area contributed by atoms with Gasteiger partial charge >= 0.3 is 12.4 Å². The van der Waals surface area contributed by atoms with E-state index in [1.807, 2.05) is 0 Å². The first-order valence-corrected chi connectivity index (χ1v) is 15.5. The topological polar surface area (TPSA) is 212 Å². The van der Waals surface area contributed by atoms with Crippen LogP contribution < -0.4 is 21.1 Å². The standard InChI is InChI=1S/C35H31F3N4O9/c1-42(2)27-22-14-16-13-21-20(15-3-5-17(6-4-15)40-33(49)41-18-7-9-19(10-8-18)51-35(36,37)38)11-12-23(43)25(21)28(44)24(16)30(46)34(22,50)31(47)26(29(27)45)32(39)48/h3-12,16,22,27,43,45-46,50H,13-14H2,1-2H3,(H2,39,48)(H2,40,41,49)/t16-,22-,27?,34-/m0/s1. The molecule has 1 unspecified atom stereocenters. The summed E-state index contributed by atoms with van der Waals surface area (Å²) in [6, 6.07) is 12.1. The number of halogens is 3. The summed E-state index contributed by atoms with van der Waals surface area (Å²) in [4.78, 5) is 53.7. The zero-order chi connectivity index (χ0) is 37.2. The van der Waals surface area contributed by atoms with E-state index in [-0.39, 0.29) is 29.7 Å². The molecule has 0 heterocycles. The molecule has 0 aromatic heterocycles. The van der Waals surface area contributed by atoms with E-state index in [0.717, 1.165) is 12.1 Å². The molecule has 16 heteroatoms. The highest BCUT2D eigenvalue weighted by Crippen LogP contribution is 2.53. The van der Waals surface area contributed by atoms with E-state index in [1.54, 1.807) is 44.4 Å². The number of Topliss-reactive ketones (excluding diaryl/α,β-unsaturated/α-hetero) is 2. The van der Waals surface area contributed by atoms with E-state index >= 15 is 0 Å². The van der Waals surface area contributed by atoms with Crippen molar-refractivity contribution in [2.75, 3.05) is 24.7 Å². The van der Waals surface area contributed by atoms with Crippen molar-refractivity contribution in [3.8, 4) is 22.6 Å². The molecule has 4 atom stereocenters. The summed E-state index contributed by atoms with van der Waals surface area (Å²) in [5.41, 5.74) is 3.39. The van der Waals surface area contributed by atoms with Crippen molar-refractivity contribution in [2.24, 2.45) is 17.6 Å². The first-order valence-electron chi connectivity index (χ1n) is 15.5. The number of fused-ring (bicyclic) bond motifs is 3. The summed E-state index contributed by atoms with van der Waals surface area (Å²) in [7, 11) is 3.08. The SMILES string of the molecule is CN(C)C1C(O)=C(C(N)=O)C(=O)[C@@]2(O)C(O)=C3C(=O)c4c(O)ccc(-c5ccc(NC(=O)Nc6ccc(OC(F)(F)F)cc6)cc5)c4C[C@H]3C[C@@H]12. The Balaban J connectivity index is 1.28. The number of nitrogens with two attached hydrogens (primary N) is 1. The largest absolute Gasteiger partial charge is 0.573 e. The number of anilines is 2. The number of urea groups is 1. The quantitative estimate of drug-likeness (QED) is 0.180. The second-order valence-corrected chi connectivity index (χ2v) is 12.7. The molecule has 266 valence electrons. The Morgan fingerprint density at radius 1 is 0.941 bits per heavy atom. The molecule has 51 heavy (non-hydrogen) atoms. The van der Waals surface area contributed by atoms with Gasteiger partial charge in [-0.05, 0) is 92.0 Å². The molecule has 3 aliphatic carbocycles. The Kier molecular flexibility index (Phi) is 8.55. The highest BCUT2D eigenvalue weighted by molar-refractivity contribution is 6.25. The van der Waals surface area contributed by atoms with Crippen molar-refractivity contribution in [3.63, 3.8) is 0 Å². The third-order valence-corrected chi connectivity index (χ3v) is 9.41. The smallest absolute Gasteiger partial charge is 0.510 e. The van der Waals surface area contributed by atoms with Crippen LogP contribution in [0.1, 0.15) is 22.3 Å². The number of hydrogen-bond donors (Lipinski definition) is 7. The van der Waals surface area contributed by atoms with Gasteiger partial charge in [0.2, 0.25) is 5.78 Å². The van der Waals surface area contributed by atoms with E-state index in [2.05, 4.69) is 15.4 Å². The first-order chi connectivity index (χ1) is 23.9. The molecule has 8 N–H and O–H groups in total. The van der Waals surface area contributed by atoms with Crippen LogP contribution in [0.3, 0.4) is 0 Å². The zero-order valence-electron chi connectivity index (χ0n) is 26.9. The second kappa shape index (κ2) is 12.5. The van der Waals surface area contributed by atoms with E-state index in [9.17, 15) is 52.8 Å². The number of alkyl halides is 3. The number of nitrogens with one attached hydrogen (secondary N) is 2. The molecule has 3 aromatic rings. The Hall–Kier alpha value is -5.87. The van der Waals surface area contributed by atoms with Crippen molar-refractivity contribution < 1.29 is 57.5 Å². The molecule has 0 radical (unpaired) electrons. The van der Waals surface area contributed by atoms with Gasteiger partial charge in [-0.1, -0.05) is 18.2 Å². The number of ether oxygens (including phenoxy) is 1. The number of rotatable bonds is 6. The number of aliphatic hydroxyl groups is 3. The van der Waals surface area contributed by atoms with Gasteiger partial charge in [0.25, 0.3) is 5.91 Å². The van der Waals surface area contributed by atoms with Gasteiger partial charge in [0, 0.05) is 22.9 Å². The molecule has 3 aliphatic rings. The first kappa shape index (κ1) is 35.0. The number of carbonyl (C=O) groups excluding carboxylic acids is 4. The fourth-order valence-electron chi connectivity index (χ4n) is 7.29. The van der Waals surface area contributed by atoms with Crippen molar-refractivity contribution in [3.05, 3.63) is 94.5 Å². The molecule has 0 spiro atoms. The van der Waals surface area contributed by atoms with Crippen LogP contribution in [-0.4, -0.2) is 80.9 Å². The normalized spacial score (nSPS) is 23.0. The summed E-state index contributed by atoms with van der Waals surface area (Å²) in [6.45, 7) is 0. The predicted octanol–water partition coefficient (Wildman–Crippen LogP) is 4.33. The monoisotopic (exact) mass is 708 g/mol. The molecule has 0 saturated carbocycles. The predicted molar refractivity (Wildman–Crippen MR) is 175 cm³/mol. The lowest BCUT2D eigenvalue weighted by molar-refractivity contribution is -0.274. The van der Waals surface area contributed by atoms with Gasteiger partial charge in [-0.25, -0.2) is 4.79 Å². The molecule has 0 aliphatic heterocycles. The maximum absolute atomic E-state index is 14.0. The molecule has 0 saturated heterocycles. The number of aliphatic hydroxyl groups excluding tert-OH is 2. The fourth-order valence-corrected chi connectivity index (χ4v) is 7.29. The Morgan fingerprint density at radius 3 is 2.08 bits per heavy atom. The van der Waals surface area contributed by atoms with Crippen LogP contribution in [0, 0.1) is 11.8 Å². The minimum atomic E-state index is -4.85. The molecule has 3 aromatic carbocycles. The summed E-state index contributed by atoms with van der Waals surface area (Å²) in [5, 5.41) is 50.2. The Morgan fingerprint density at radius 2 is 1.53 bits per heavy atom. The molecule has 3 amide bonds. The number of phenolic OH excluding ortho intramolecular Hbond substituents is 1. The molecule has 0 fully saturated rings. The maximum atomic E-state index is 14.0. The van der Waals surface area contributed by atoms with Crippen LogP contribution in [0.15, 0.2) is 83.3 Å². The third kappa shape index (κ3) is 6.01.